The average molecular weight is 256 g/mol. The summed E-state index contributed by atoms with van der Waals surface area (Å²) in [4.78, 5) is 25.9. The van der Waals surface area contributed by atoms with Crippen molar-refractivity contribution in [3.63, 3.8) is 0 Å². The summed E-state index contributed by atoms with van der Waals surface area (Å²) in [6.07, 6.45) is 0. The third-order valence-corrected chi connectivity index (χ3v) is 3.11. The summed E-state index contributed by atoms with van der Waals surface area (Å²) >= 11 is 0. The Morgan fingerprint density at radius 3 is 2.58 bits per heavy atom. The van der Waals surface area contributed by atoms with E-state index in [4.69, 9.17) is 0 Å². The maximum atomic E-state index is 12.2. The van der Waals surface area contributed by atoms with Crippen molar-refractivity contribution in [2.24, 2.45) is 0 Å². The number of rotatable bonds is 2. The van der Waals surface area contributed by atoms with Gasteiger partial charge in [0, 0.05) is 0 Å². The highest BCUT2D eigenvalue weighted by atomic mass is 16.2. The Bertz CT molecular complexity index is 542. The molecule has 1 aromatic rings. The van der Waals surface area contributed by atoms with Gasteiger partial charge in [-0.25, -0.2) is 0 Å². The number of hydrogen-bond donors (Lipinski definition) is 1. The van der Waals surface area contributed by atoms with Crippen LogP contribution < -0.4 is 5.32 Å². The van der Waals surface area contributed by atoms with Gasteiger partial charge in [0.1, 0.15) is 12.1 Å². The van der Waals surface area contributed by atoms with Gasteiger partial charge in [0.2, 0.25) is 11.8 Å². The van der Waals surface area contributed by atoms with Crippen LogP contribution in [-0.4, -0.2) is 29.3 Å². The Morgan fingerprint density at radius 2 is 1.95 bits per heavy atom. The molecule has 4 nitrogen and oxygen atoms in total. The minimum atomic E-state index is -0.592. The number of nitrogens with zero attached hydrogens (tertiary/aromatic N) is 1. The highest BCUT2D eigenvalue weighted by molar-refractivity contribution is 5.97. The van der Waals surface area contributed by atoms with Crippen molar-refractivity contribution in [2.75, 3.05) is 6.54 Å². The van der Waals surface area contributed by atoms with Crippen LogP contribution in [0, 0.1) is 11.8 Å². The fraction of sp³-hybridized carbons (Fsp3) is 0.333. The van der Waals surface area contributed by atoms with Crippen LogP contribution in [0.2, 0.25) is 0 Å². The lowest BCUT2D eigenvalue weighted by Gasteiger charge is -2.37. The van der Waals surface area contributed by atoms with Crippen molar-refractivity contribution in [3.8, 4) is 11.8 Å². The van der Waals surface area contributed by atoms with Crippen molar-refractivity contribution in [2.45, 2.75) is 25.9 Å². The summed E-state index contributed by atoms with van der Waals surface area (Å²) < 4.78 is 0. The monoisotopic (exact) mass is 256 g/mol. The summed E-state index contributed by atoms with van der Waals surface area (Å²) in [6, 6.07) is 8.20. The third kappa shape index (κ3) is 2.60. The Hall–Kier alpha value is -2.28. The highest BCUT2D eigenvalue weighted by Crippen LogP contribution is 2.24. The summed E-state index contributed by atoms with van der Waals surface area (Å²) in [5.74, 6) is 5.37. The summed E-state index contributed by atoms with van der Waals surface area (Å²) in [7, 11) is 0. The zero-order chi connectivity index (χ0) is 13.8. The van der Waals surface area contributed by atoms with Crippen molar-refractivity contribution < 1.29 is 9.59 Å². The van der Waals surface area contributed by atoms with E-state index < -0.39 is 12.1 Å². The number of piperazine rings is 1. The molecule has 4 heteroatoms. The number of benzene rings is 1. The van der Waals surface area contributed by atoms with Gasteiger partial charge in [-0.05, 0) is 19.4 Å². The van der Waals surface area contributed by atoms with Gasteiger partial charge in [0.25, 0.3) is 0 Å². The minimum absolute atomic E-state index is 0.101. The van der Waals surface area contributed by atoms with Crippen LogP contribution in [0.5, 0.6) is 0 Å². The molecule has 1 aliphatic rings. The van der Waals surface area contributed by atoms with E-state index >= 15 is 0 Å². The van der Waals surface area contributed by atoms with Gasteiger partial charge in [0.15, 0.2) is 0 Å². The van der Waals surface area contributed by atoms with Crippen molar-refractivity contribution >= 4 is 11.8 Å². The van der Waals surface area contributed by atoms with Crippen molar-refractivity contribution in [3.05, 3.63) is 35.9 Å². The number of hydrogen-bond acceptors (Lipinski definition) is 2. The minimum Gasteiger partial charge on any atom is -0.342 e. The van der Waals surface area contributed by atoms with Crippen LogP contribution in [0.25, 0.3) is 0 Å². The summed E-state index contributed by atoms with van der Waals surface area (Å²) in [6.45, 7) is 3.68. The maximum absolute atomic E-state index is 12.2. The molecule has 0 radical (unpaired) electrons. The lowest BCUT2D eigenvalue weighted by atomic mass is 10.00. The quantitative estimate of drug-likeness (QED) is 0.805. The fourth-order valence-electron chi connectivity index (χ4n) is 2.17. The highest BCUT2D eigenvalue weighted by Gasteiger charge is 2.38. The third-order valence-electron chi connectivity index (χ3n) is 3.11. The molecule has 2 unspecified atom stereocenters. The number of carbonyl (C=O) groups excluding carboxylic acids is 2. The molecule has 0 saturated carbocycles. The Balaban J connectivity index is 2.37. The van der Waals surface area contributed by atoms with Gasteiger partial charge in [0.05, 0.1) is 6.54 Å². The van der Waals surface area contributed by atoms with Crippen LogP contribution in [-0.2, 0) is 9.59 Å². The van der Waals surface area contributed by atoms with Gasteiger partial charge in [-0.15, -0.1) is 5.92 Å². The molecule has 1 aromatic carbocycles. The van der Waals surface area contributed by atoms with Crippen LogP contribution in [0.4, 0.5) is 0 Å². The topological polar surface area (TPSA) is 49.4 Å². The zero-order valence-electron chi connectivity index (χ0n) is 11.0. The predicted molar refractivity (Wildman–Crippen MR) is 72.0 cm³/mol. The standard InChI is InChI=1S/C15H16N2O2/c1-3-4-10-17-13(12-8-6-5-7-9-12)14(18)16-11(2)15(17)19/h5-9,11,13H,10H2,1-2H3,(H,16,18). The molecule has 0 aromatic heterocycles. The molecule has 1 heterocycles. The molecule has 1 aliphatic heterocycles. The van der Waals surface area contributed by atoms with E-state index in [1.54, 1.807) is 13.8 Å². The van der Waals surface area contributed by atoms with Gasteiger partial charge < -0.3 is 10.2 Å². The first-order valence-corrected chi connectivity index (χ1v) is 6.20. The molecule has 98 valence electrons. The Labute approximate surface area is 112 Å². The zero-order valence-corrected chi connectivity index (χ0v) is 11.0. The normalized spacial score (nSPS) is 22.5. The van der Waals surface area contributed by atoms with E-state index in [2.05, 4.69) is 17.2 Å². The SMILES string of the molecule is CC#CCN1C(=O)C(C)NC(=O)C1c1ccccc1. The van der Waals surface area contributed by atoms with Gasteiger partial charge >= 0.3 is 0 Å². The van der Waals surface area contributed by atoms with Gasteiger partial charge in [-0.1, -0.05) is 36.3 Å². The van der Waals surface area contributed by atoms with Crippen LogP contribution in [0.15, 0.2) is 30.3 Å². The summed E-state index contributed by atoms with van der Waals surface area (Å²) in [5.41, 5.74) is 0.804. The predicted octanol–water partition coefficient (Wildman–Crippen LogP) is 1.10. The second kappa shape index (κ2) is 5.57. The number of carbonyl (C=O) groups is 2. The molecular weight excluding hydrogens is 240 g/mol. The largest absolute Gasteiger partial charge is 0.342 e. The molecule has 0 spiro atoms. The van der Waals surface area contributed by atoms with E-state index in [1.165, 1.54) is 4.90 Å². The van der Waals surface area contributed by atoms with E-state index in [1.807, 2.05) is 30.3 Å². The molecule has 1 N–H and O–H groups in total. The smallest absolute Gasteiger partial charge is 0.248 e. The number of amides is 2. The molecule has 1 saturated heterocycles. The first kappa shape index (κ1) is 13.2. The van der Waals surface area contributed by atoms with Crippen molar-refractivity contribution in [1.82, 2.24) is 10.2 Å². The molecule has 2 rings (SSSR count). The van der Waals surface area contributed by atoms with Crippen LogP contribution >= 0.6 is 0 Å². The van der Waals surface area contributed by atoms with Gasteiger partial charge in [-0.3, -0.25) is 9.59 Å². The first-order valence-electron chi connectivity index (χ1n) is 6.20. The lowest BCUT2D eigenvalue weighted by Crippen LogP contribution is -2.58. The van der Waals surface area contributed by atoms with E-state index in [-0.39, 0.29) is 18.4 Å². The molecule has 0 bridgehead atoms. The number of nitrogens with one attached hydrogen (secondary N) is 1. The maximum Gasteiger partial charge on any atom is 0.248 e. The molecule has 0 aliphatic carbocycles. The molecule has 19 heavy (non-hydrogen) atoms. The second-order valence-electron chi connectivity index (χ2n) is 4.44. The van der Waals surface area contributed by atoms with Gasteiger partial charge in [-0.2, -0.15) is 0 Å². The summed E-state index contributed by atoms with van der Waals surface area (Å²) in [5, 5.41) is 2.71. The fourth-order valence-corrected chi connectivity index (χ4v) is 2.17. The second-order valence-corrected chi connectivity index (χ2v) is 4.44. The molecule has 2 amide bonds. The van der Waals surface area contributed by atoms with Crippen molar-refractivity contribution in [1.29, 1.82) is 0 Å². The Kier molecular flexibility index (Phi) is 3.86. The molecular formula is C15H16N2O2. The van der Waals surface area contributed by atoms with Crippen LogP contribution in [0.3, 0.4) is 0 Å². The molecule has 2 atom stereocenters. The van der Waals surface area contributed by atoms with E-state index in [9.17, 15) is 9.59 Å². The van der Waals surface area contributed by atoms with Crippen LogP contribution in [0.1, 0.15) is 25.5 Å². The molecule has 1 fully saturated rings. The van der Waals surface area contributed by atoms with E-state index in [0.29, 0.717) is 0 Å². The average Bonchev–Trinajstić information content (AvgIpc) is 2.42. The first-order chi connectivity index (χ1) is 9.15. The van der Waals surface area contributed by atoms with E-state index in [0.717, 1.165) is 5.56 Å². The lowest BCUT2D eigenvalue weighted by molar-refractivity contribution is -0.148. The Morgan fingerprint density at radius 1 is 1.26 bits per heavy atom.